The van der Waals surface area contributed by atoms with Crippen molar-refractivity contribution in [2.45, 2.75) is 32.4 Å². The van der Waals surface area contributed by atoms with E-state index >= 15 is 0 Å². The van der Waals surface area contributed by atoms with E-state index in [-0.39, 0.29) is 24.4 Å². The number of aromatic nitrogens is 1. The van der Waals surface area contributed by atoms with Gasteiger partial charge in [-0.3, -0.25) is 9.78 Å². The standard InChI is InChI=1S/C23H29N3O3.ClH/c1-18-7-8-19(15-22(18)25-10-13-28-14-11-25)23(27)26(17-21-6-4-12-29-21)16-20-5-2-3-9-24-20;/h2-3,5,7-9,15,21H,4,6,10-14,16-17H2,1H3;1H. The van der Waals surface area contributed by atoms with E-state index in [1.54, 1.807) is 6.20 Å². The van der Waals surface area contributed by atoms with Gasteiger partial charge in [0.1, 0.15) is 0 Å². The monoisotopic (exact) mass is 431 g/mol. The number of hydrogen-bond acceptors (Lipinski definition) is 5. The van der Waals surface area contributed by atoms with Crippen molar-refractivity contribution < 1.29 is 14.3 Å². The molecule has 2 fully saturated rings. The second-order valence-corrected chi connectivity index (χ2v) is 7.74. The van der Waals surface area contributed by atoms with Crippen LogP contribution in [0.15, 0.2) is 42.6 Å². The number of pyridine rings is 1. The molecule has 2 aromatic rings. The molecule has 162 valence electrons. The molecule has 2 saturated heterocycles. The van der Waals surface area contributed by atoms with Crippen molar-refractivity contribution >= 4 is 24.0 Å². The molecule has 0 aliphatic carbocycles. The fourth-order valence-corrected chi connectivity index (χ4v) is 4.01. The number of carbonyl (C=O) groups excluding carboxylic acids is 1. The highest BCUT2D eigenvalue weighted by Gasteiger charge is 2.25. The van der Waals surface area contributed by atoms with Crippen LogP contribution in [0.4, 0.5) is 5.69 Å². The van der Waals surface area contributed by atoms with Crippen LogP contribution in [-0.2, 0) is 16.0 Å². The summed E-state index contributed by atoms with van der Waals surface area (Å²) >= 11 is 0. The first kappa shape index (κ1) is 22.5. The van der Waals surface area contributed by atoms with E-state index in [0.717, 1.165) is 57.1 Å². The van der Waals surface area contributed by atoms with Crippen LogP contribution in [0.1, 0.15) is 34.5 Å². The zero-order chi connectivity index (χ0) is 20.1. The van der Waals surface area contributed by atoms with Gasteiger partial charge >= 0.3 is 0 Å². The third-order valence-corrected chi connectivity index (χ3v) is 5.62. The van der Waals surface area contributed by atoms with Crippen molar-refractivity contribution in [3.8, 4) is 0 Å². The summed E-state index contributed by atoms with van der Waals surface area (Å²) in [6.45, 7) is 7.11. The molecule has 1 atom stereocenters. The van der Waals surface area contributed by atoms with Crippen molar-refractivity contribution in [1.29, 1.82) is 0 Å². The molecular weight excluding hydrogens is 402 g/mol. The molecule has 0 spiro atoms. The highest BCUT2D eigenvalue weighted by molar-refractivity contribution is 5.95. The van der Waals surface area contributed by atoms with E-state index in [4.69, 9.17) is 9.47 Å². The molecule has 0 bridgehead atoms. The summed E-state index contributed by atoms with van der Waals surface area (Å²) < 4.78 is 11.3. The molecule has 4 rings (SSSR count). The Morgan fingerprint density at radius 1 is 1.20 bits per heavy atom. The van der Waals surface area contributed by atoms with Gasteiger partial charge in [0.25, 0.3) is 5.91 Å². The van der Waals surface area contributed by atoms with E-state index in [1.165, 1.54) is 5.56 Å². The molecule has 1 aromatic carbocycles. The predicted molar refractivity (Wildman–Crippen MR) is 119 cm³/mol. The van der Waals surface area contributed by atoms with Crippen LogP contribution in [-0.4, -0.2) is 61.3 Å². The van der Waals surface area contributed by atoms with E-state index in [1.807, 2.05) is 41.3 Å². The summed E-state index contributed by atoms with van der Waals surface area (Å²) in [6.07, 6.45) is 3.93. The number of hydrogen-bond donors (Lipinski definition) is 0. The minimum atomic E-state index is 0. The highest BCUT2D eigenvalue weighted by atomic mass is 35.5. The van der Waals surface area contributed by atoms with E-state index in [0.29, 0.717) is 18.7 Å². The van der Waals surface area contributed by atoms with E-state index in [2.05, 4.69) is 16.8 Å². The molecule has 1 amide bonds. The number of halogens is 1. The van der Waals surface area contributed by atoms with Crippen LogP contribution in [0.2, 0.25) is 0 Å². The fourth-order valence-electron chi connectivity index (χ4n) is 4.01. The number of anilines is 1. The lowest BCUT2D eigenvalue weighted by Crippen LogP contribution is -2.38. The van der Waals surface area contributed by atoms with Gasteiger partial charge in [-0.15, -0.1) is 12.4 Å². The summed E-state index contributed by atoms with van der Waals surface area (Å²) in [7, 11) is 0. The molecular formula is C23H30ClN3O3. The van der Waals surface area contributed by atoms with Gasteiger partial charge in [0.2, 0.25) is 0 Å². The van der Waals surface area contributed by atoms with Crippen molar-refractivity contribution in [2.75, 3.05) is 44.4 Å². The summed E-state index contributed by atoms with van der Waals surface area (Å²) in [4.78, 5) is 22.1. The van der Waals surface area contributed by atoms with Gasteiger partial charge in [0.05, 0.1) is 31.6 Å². The quantitative estimate of drug-likeness (QED) is 0.701. The summed E-state index contributed by atoms with van der Waals surface area (Å²) in [6, 6.07) is 11.8. The average molecular weight is 432 g/mol. The first-order chi connectivity index (χ1) is 14.2. The number of carbonyl (C=O) groups is 1. The van der Waals surface area contributed by atoms with Crippen LogP contribution < -0.4 is 4.90 Å². The maximum atomic E-state index is 13.5. The molecule has 6 nitrogen and oxygen atoms in total. The Bertz CT molecular complexity index is 822. The lowest BCUT2D eigenvalue weighted by molar-refractivity contribution is 0.0504. The highest BCUT2D eigenvalue weighted by Crippen LogP contribution is 2.24. The summed E-state index contributed by atoms with van der Waals surface area (Å²) in [5.41, 5.74) is 3.90. The SMILES string of the molecule is Cc1ccc(C(=O)N(Cc2ccccn2)CC2CCCO2)cc1N1CCOCC1.Cl. The van der Waals surface area contributed by atoms with Crippen LogP contribution >= 0.6 is 12.4 Å². The minimum Gasteiger partial charge on any atom is -0.378 e. The second kappa shape index (κ2) is 10.8. The lowest BCUT2D eigenvalue weighted by atomic mass is 10.1. The third-order valence-electron chi connectivity index (χ3n) is 5.62. The normalized spacial score (nSPS) is 18.7. The van der Waals surface area contributed by atoms with E-state index < -0.39 is 0 Å². The number of rotatable bonds is 6. The van der Waals surface area contributed by atoms with Crippen molar-refractivity contribution in [1.82, 2.24) is 9.88 Å². The molecule has 0 saturated carbocycles. The smallest absolute Gasteiger partial charge is 0.254 e. The molecule has 7 heteroatoms. The van der Waals surface area contributed by atoms with Gasteiger partial charge in [0, 0.05) is 43.7 Å². The molecule has 2 aliphatic heterocycles. The van der Waals surface area contributed by atoms with Gasteiger partial charge in [-0.25, -0.2) is 0 Å². The third kappa shape index (κ3) is 5.50. The van der Waals surface area contributed by atoms with Crippen molar-refractivity contribution in [2.24, 2.45) is 0 Å². The number of benzene rings is 1. The van der Waals surface area contributed by atoms with Crippen molar-refractivity contribution in [3.63, 3.8) is 0 Å². The number of amides is 1. The zero-order valence-corrected chi connectivity index (χ0v) is 18.3. The van der Waals surface area contributed by atoms with Crippen molar-refractivity contribution in [3.05, 3.63) is 59.4 Å². The first-order valence-electron chi connectivity index (χ1n) is 10.4. The molecule has 1 aromatic heterocycles. The van der Waals surface area contributed by atoms with Crippen LogP contribution in [0, 0.1) is 6.92 Å². The second-order valence-electron chi connectivity index (χ2n) is 7.74. The van der Waals surface area contributed by atoms with Crippen LogP contribution in [0.25, 0.3) is 0 Å². The Balaban J connectivity index is 0.00000256. The van der Waals surface area contributed by atoms with Gasteiger partial charge in [-0.2, -0.15) is 0 Å². The molecule has 3 heterocycles. The summed E-state index contributed by atoms with van der Waals surface area (Å²) in [5.74, 6) is 0.0284. The largest absolute Gasteiger partial charge is 0.378 e. The summed E-state index contributed by atoms with van der Waals surface area (Å²) in [5, 5.41) is 0. The number of morpholine rings is 1. The number of ether oxygens (including phenoxy) is 2. The topological polar surface area (TPSA) is 54.9 Å². The van der Waals surface area contributed by atoms with E-state index in [9.17, 15) is 4.79 Å². The first-order valence-corrected chi connectivity index (χ1v) is 10.4. The maximum Gasteiger partial charge on any atom is 0.254 e. The maximum absolute atomic E-state index is 13.5. The molecule has 2 aliphatic rings. The molecule has 1 unspecified atom stereocenters. The predicted octanol–water partition coefficient (Wildman–Crippen LogP) is 3.47. The number of aryl methyl sites for hydroxylation is 1. The lowest BCUT2D eigenvalue weighted by Gasteiger charge is -2.31. The Morgan fingerprint density at radius 3 is 2.73 bits per heavy atom. The van der Waals surface area contributed by atoms with Gasteiger partial charge in [-0.1, -0.05) is 12.1 Å². The van der Waals surface area contributed by atoms with Crippen LogP contribution in [0.3, 0.4) is 0 Å². The Kier molecular flexibility index (Phi) is 8.08. The van der Waals surface area contributed by atoms with Crippen LogP contribution in [0.5, 0.6) is 0 Å². The fraction of sp³-hybridized carbons (Fsp3) is 0.478. The number of nitrogens with zero attached hydrogens (tertiary/aromatic N) is 3. The average Bonchev–Trinajstić information content (AvgIpc) is 3.28. The Hall–Kier alpha value is -2.15. The van der Waals surface area contributed by atoms with Gasteiger partial charge < -0.3 is 19.3 Å². The Morgan fingerprint density at radius 2 is 2.03 bits per heavy atom. The van der Waals surface area contributed by atoms with Gasteiger partial charge in [-0.05, 0) is 49.6 Å². The minimum absolute atomic E-state index is 0. The molecule has 0 radical (unpaired) electrons. The molecule has 30 heavy (non-hydrogen) atoms. The van der Waals surface area contributed by atoms with Gasteiger partial charge in [0.15, 0.2) is 0 Å². The Labute approximate surface area is 184 Å². The zero-order valence-electron chi connectivity index (χ0n) is 17.5. The molecule has 0 N–H and O–H groups in total.